The monoisotopic (exact) mass is 901 g/mol. The van der Waals surface area contributed by atoms with Crippen molar-refractivity contribution in [2.45, 2.75) is 116 Å². The Bertz CT molecular complexity index is 2060. The summed E-state index contributed by atoms with van der Waals surface area (Å²) < 4.78 is 18.2. The van der Waals surface area contributed by atoms with Gasteiger partial charge in [0.1, 0.15) is 19.2 Å². The van der Waals surface area contributed by atoms with E-state index in [1.165, 1.54) is 43.2 Å². The van der Waals surface area contributed by atoms with E-state index < -0.39 is 49.9 Å². The molecule has 2 aliphatic rings. The summed E-state index contributed by atoms with van der Waals surface area (Å²) in [5.74, 6) is -1.20. The van der Waals surface area contributed by atoms with Gasteiger partial charge < -0.3 is 24.4 Å². The van der Waals surface area contributed by atoms with Crippen LogP contribution in [-0.4, -0.2) is 122 Å². The van der Waals surface area contributed by atoms with Crippen molar-refractivity contribution in [3.63, 3.8) is 0 Å². The standard InChI is InChI=1S/C49H72N6O8Si/c1-6-53(54-29-31-61-32-30-54)27-20-14-12-10-8-7-9-11-13-15-25-44(47(58)62-33-34-64(3,4)5)55(45(56)36-52-35-38(2)46(57)51-48(52)59)28-26-50-49(60)63-37-43-41-23-18-16-21-39(41)40-22-17-19-24-42(40)43/h13,15-19,21-24,35,43-44H,6-12,14,20,25-34,36-37H2,1-5H3,(H,50,60)(H,51,57,59)/b15-13+. The maximum absolute atomic E-state index is 14.2. The summed E-state index contributed by atoms with van der Waals surface area (Å²) in [6, 6.07) is 15.9. The van der Waals surface area contributed by atoms with Gasteiger partial charge in [-0.2, -0.15) is 0 Å². The van der Waals surface area contributed by atoms with Crippen molar-refractivity contribution >= 4 is 26.0 Å². The molecule has 350 valence electrons. The molecule has 1 fully saturated rings. The lowest BCUT2D eigenvalue weighted by Crippen LogP contribution is -2.50. The first-order chi connectivity index (χ1) is 30.9. The Hall–Kier alpha value is -4.83. The first kappa shape index (κ1) is 50.2. The topological polar surface area (TPSA) is 156 Å². The molecule has 2 heterocycles. The Labute approximate surface area is 380 Å². The molecule has 1 unspecified atom stereocenters. The number of ether oxygens (including phenoxy) is 3. The predicted molar refractivity (Wildman–Crippen MR) is 254 cm³/mol. The summed E-state index contributed by atoms with van der Waals surface area (Å²) in [6.45, 7) is 15.9. The average Bonchev–Trinajstić information content (AvgIpc) is 3.60. The first-order valence-corrected chi connectivity index (χ1v) is 27.1. The summed E-state index contributed by atoms with van der Waals surface area (Å²) in [7, 11) is -1.54. The molecule has 0 radical (unpaired) electrons. The number of unbranched alkanes of at least 4 members (excludes halogenated alkanes) is 7. The van der Waals surface area contributed by atoms with Crippen LogP contribution in [0.15, 0.2) is 76.5 Å². The molecule has 14 nitrogen and oxygen atoms in total. The number of nitrogens with zero attached hydrogens (tertiary/aromatic N) is 4. The van der Waals surface area contributed by atoms with Gasteiger partial charge in [0.05, 0.1) is 19.8 Å². The van der Waals surface area contributed by atoms with Gasteiger partial charge in [-0.25, -0.2) is 24.4 Å². The molecule has 1 atom stereocenters. The summed E-state index contributed by atoms with van der Waals surface area (Å²) in [6.07, 6.45) is 13.9. The molecule has 5 rings (SSSR count). The highest BCUT2D eigenvalue weighted by Crippen LogP contribution is 2.44. The number of carbonyl (C=O) groups is 3. The summed E-state index contributed by atoms with van der Waals surface area (Å²) in [5.41, 5.74) is 3.42. The molecule has 1 aliphatic heterocycles. The number of carbonyl (C=O) groups excluding carboxylic acids is 3. The van der Waals surface area contributed by atoms with Crippen LogP contribution < -0.4 is 16.6 Å². The Kier molecular flexibility index (Phi) is 20.1. The second-order valence-corrected chi connectivity index (χ2v) is 23.7. The van der Waals surface area contributed by atoms with Gasteiger partial charge in [-0.1, -0.05) is 119 Å². The van der Waals surface area contributed by atoms with E-state index in [9.17, 15) is 24.0 Å². The van der Waals surface area contributed by atoms with E-state index in [1.54, 1.807) is 6.92 Å². The molecule has 1 aliphatic carbocycles. The highest BCUT2D eigenvalue weighted by molar-refractivity contribution is 6.76. The van der Waals surface area contributed by atoms with Crippen LogP contribution in [0, 0.1) is 6.92 Å². The van der Waals surface area contributed by atoms with Gasteiger partial charge in [0.2, 0.25) is 5.91 Å². The third-order valence-electron chi connectivity index (χ3n) is 12.1. The van der Waals surface area contributed by atoms with E-state index in [4.69, 9.17) is 14.2 Å². The number of aromatic nitrogens is 2. The van der Waals surface area contributed by atoms with Crippen molar-refractivity contribution in [3.05, 3.63) is 104 Å². The molecule has 3 aromatic rings. The number of esters is 1. The molecule has 0 saturated carbocycles. The molecule has 15 heteroatoms. The number of aryl methyl sites for hydroxylation is 1. The minimum atomic E-state index is -1.54. The molecule has 1 aromatic heterocycles. The van der Waals surface area contributed by atoms with Crippen LogP contribution in [0.3, 0.4) is 0 Å². The zero-order valence-corrected chi connectivity index (χ0v) is 39.9. The number of amides is 2. The number of H-pyrrole nitrogens is 1. The highest BCUT2D eigenvalue weighted by atomic mass is 28.3. The molecular weight excluding hydrogens is 829 g/mol. The van der Waals surface area contributed by atoms with E-state index in [-0.39, 0.29) is 44.2 Å². The van der Waals surface area contributed by atoms with Crippen molar-refractivity contribution in [3.8, 4) is 11.1 Å². The van der Waals surface area contributed by atoms with E-state index >= 15 is 0 Å². The number of aromatic amines is 1. The number of allylic oxidation sites excluding steroid dienone is 1. The van der Waals surface area contributed by atoms with E-state index in [2.05, 4.69) is 77.2 Å². The predicted octanol–water partition coefficient (Wildman–Crippen LogP) is 7.10. The maximum atomic E-state index is 14.2. The van der Waals surface area contributed by atoms with Crippen molar-refractivity contribution in [1.82, 2.24) is 29.8 Å². The van der Waals surface area contributed by atoms with Crippen molar-refractivity contribution in [2.75, 3.05) is 65.7 Å². The van der Waals surface area contributed by atoms with Crippen molar-refractivity contribution in [2.24, 2.45) is 0 Å². The van der Waals surface area contributed by atoms with Gasteiger partial charge in [0, 0.05) is 65.0 Å². The quantitative estimate of drug-likeness (QED) is 0.0369. The molecule has 2 N–H and O–H groups in total. The van der Waals surface area contributed by atoms with Gasteiger partial charge >= 0.3 is 17.8 Å². The van der Waals surface area contributed by atoms with E-state index in [1.807, 2.05) is 30.3 Å². The van der Waals surface area contributed by atoms with Gasteiger partial charge in [-0.15, -0.1) is 0 Å². The Morgan fingerprint density at radius 2 is 1.53 bits per heavy atom. The summed E-state index contributed by atoms with van der Waals surface area (Å²) >= 11 is 0. The lowest BCUT2D eigenvalue weighted by Gasteiger charge is -2.36. The molecule has 2 aromatic carbocycles. The van der Waals surface area contributed by atoms with Crippen LogP contribution in [-0.2, 0) is 30.3 Å². The van der Waals surface area contributed by atoms with Crippen molar-refractivity contribution < 1.29 is 28.6 Å². The number of hydrogen-bond acceptors (Lipinski definition) is 10. The molecule has 0 bridgehead atoms. The number of nitrogens with one attached hydrogen (secondary N) is 2. The fourth-order valence-electron chi connectivity index (χ4n) is 8.38. The number of alkyl carbamates (subject to hydrolysis) is 1. The second kappa shape index (κ2) is 25.6. The lowest BCUT2D eigenvalue weighted by atomic mass is 9.98. The lowest BCUT2D eigenvalue weighted by molar-refractivity contribution is -0.155. The van der Waals surface area contributed by atoms with Gasteiger partial charge in [-0.3, -0.25) is 19.1 Å². The number of morpholine rings is 1. The number of hydrazine groups is 1. The largest absolute Gasteiger partial charge is 0.464 e. The highest BCUT2D eigenvalue weighted by Gasteiger charge is 2.32. The smallest absolute Gasteiger partial charge is 0.407 e. The Morgan fingerprint density at radius 3 is 2.19 bits per heavy atom. The fourth-order valence-corrected chi connectivity index (χ4v) is 9.09. The minimum Gasteiger partial charge on any atom is -0.464 e. The number of hydrogen-bond donors (Lipinski definition) is 2. The molecule has 64 heavy (non-hydrogen) atoms. The van der Waals surface area contributed by atoms with Gasteiger partial charge in [-0.05, 0) is 60.9 Å². The third kappa shape index (κ3) is 15.4. The van der Waals surface area contributed by atoms with Crippen LogP contribution in [0.2, 0.25) is 25.7 Å². The van der Waals surface area contributed by atoms with Crippen LogP contribution in [0.25, 0.3) is 11.1 Å². The zero-order chi connectivity index (χ0) is 45.9. The summed E-state index contributed by atoms with van der Waals surface area (Å²) in [5, 5.41) is 7.66. The maximum Gasteiger partial charge on any atom is 0.407 e. The van der Waals surface area contributed by atoms with Crippen LogP contribution >= 0.6 is 0 Å². The third-order valence-corrected chi connectivity index (χ3v) is 13.8. The zero-order valence-electron chi connectivity index (χ0n) is 38.9. The SMILES string of the molecule is CCN(CCCCCCCCC/C=C/CC(C(=O)OCC[Si](C)(C)C)N(CCNC(=O)OCC1c2ccccc2-c2ccccc21)C(=O)Cn1cc(C)c(=O)[nH]c1=O)N1CCOCC1. The molecule has 1 saturated heterocycles. The number of fused-ring (bicyclic) bond motifs is 3. The number of rotatable bonds is 26. The van der Waals surface area contributed by atoms with E-state index in [0.29, 0.717) is 0 Å². The Balaban J connectivity index is 1.17. The normalized spacial score (nSPS) is 14.7. The molecule has 0 spiro atoms. The second-order valence-electron chi connectivity index (χ2n) is 18.1. The molecule has 2 amide bonds. The van der Waals surface area contributed by atoms with Gasteiger partial charge in [0.15, 0.2) is 0 Å². The van der Waals surface area contributed by atoms with Crippen molar-refractivity contribution in [1.29, 1.82) is 0 Å². The number of benzene rings is 2. The van der Waals surface area contributed by atoms with Crippen LogP contribution in [0.5, 0.6) is 0 Å². The minimum absolute atomic E-state index is 0.0188. The van der Waals surface area contributed by atoms with E-state index in [0.717, 1.165) is 91.5 Å². The first-order valence-electron chi connectivity index (χ1n) is 23.4. The van der Waals surface area contributed by atoms with Crippen LogP contribution in [0.4, 0.5) is 4.79 Å². The average molecular weight is 901 g/mol. The van der Waals surface area contributed by atoms with Gasteiger partial charge in [0.25, 0.3) is 5.56 Å². The molecular formula is C49H72N6O8Si. The van der Waals surface area contributed by atoms with Crippen LogP contribution in [0.1, 0.15) is 87.3 Å². The summed E-state index contributed by atoms with van der Waals surface area (Å²) in [4.78, 5) is 69.8. The fraction of sp³-hybridized carbons (Fsp3) is 0.571. The Morgan fingerprint density at radius 1 is 0.891 bits per heavy atom.